The van der Waals surface area contributed by atoms with E-state index in [9.17, 15) is 18.0 Å². The second kappa shape index (κ2) is 6.48. The van der Waals surface area contributed by atoms with Crippen molar-refractivity contribution in [3.63, 3.8) is 0 Å². The number of rotatable bonds is 5. The van der Waals surface area contributed by atoms with Gasteiger partial charge in [0.05, 0.1) is 16.6 Å². The summed E-state index contributed by atoms with van der Waals surface area (Å²) in [6, 6.07) is 6.50. The van der Waals surface area contributed by atoms with Gasteiger partial charge in [0, 0.05) is 19.5 Å². The molecule has 1 atom stereocenters. The molecule has 1 N–H and O–H groups in total. The van der Waals surface area contributed by atoms with Crippen LogP contribution in [0.1, 0.15) is 18.4 Å². The monoisotopic (exact) mass is 325 g/mol. The maximum Gasteiger partial charge on any atom is 0.308 e. The third-order valence-electron chi connectivity index (χ3n) is 3.85. The van der Waals surface area contributed by atoms with E-state index in [1.165, 1.54) is 17.0 Å². The molecule has 120 valence electrons. The van der Waals surface area contributed by atoms with Crippen LogP contribution in [-0.4, -0.2) is 49.1 Å². The van der Waals surface area contributed by atoms with E-state index in [1.54, 1.807) is 12.1 Å². The third-order valence-corrected chi connectivity index (χ3v) is 5.59. The summed E-state index contributed by atoms with van der Waals surface area (Å²) >= 11 is 0. The summed E-state index contributed by atoms with van der Waals surface area (Å²) in [7, 11) is -3.50. The number of carboxylic acid groups (broad SMARTS) is 1. The zero-order valence-corrected chi connectivity index (χ0v) is 13.2. The van der Waals surface area contributed by atoms with Crippen molar-refractivity contribution in [3.05, 3.63) is 29.8 Å². The Morgan fingerprint density at radius 3 is 2.45 bits per heavy atom. The van der Waals surface area contributed by atoms with Gasteiger partial charge in [0.25, 0.3) is 0 Å². The Labute approximate surface area is 129 Å². The zero-order chi connectivity index (χ0) is 16.3. The molecule has 1 heterocycles. The Morgan fingerprint density at radius 1 is 1.27 bits per heavy atom. The highest BCUT2D eigenvalue weighted by molar-refractivity contribution is 7.91. The summed E-state index contributed by atoms with van der Waals surface area (Å²) in [6.07, 6.45) is 0.300. The number of hydrogen-bond acceptors (Lipinski definition) is 4. The number of benzene rings is 1. The molecule has 2 rings (SSSR count). The molecule has 1 saturated heterocycles. The molecule has 1 aromatic carbocycles. The first-order valence-corrected chi connectivity index (χ1v) is 8.75. The summed E-state index contributed by atoms with van der Waals surface area (Å²) in [6.45, 7) is 2.41. The second-order valence-electron chi connectivity index (χ2n) is 5.55. The summed E-state index contributed by atoms with van der Waals surface area (Å²) < 4.78 is 24.3. The van der Waals surface area contributed by atoms with E-state index in [4.69, 9.17) is 5.11 Å². The molecule has 0 radical (unpaired) electrons. The normalized spacial score (nSPS) is 18.4. The molecular weight excluding hydrogens is 306 g/mol. The molecule has 0 aromatic heterocycles. The number of likely N-dealkylation sites (tertiary alicyclic amines) is 1. The van der Waals surface area contributed by atoms with Crippen molar-refractivity contribution in [3.8, 4) is 0 Å². The highest BCUT2D eigenvalue weighted by Gasteiger charge is 2.31. The average molecular weight is 325 g/mol. The van der Waals surface area contributed by atoms with Gasteiger partial charge in [0.2, 0.25) is 5.91 Å². The molecule has 1 fully saturated rings. The molecular formula is C15H19NO5S. The van der Waals surface area contributed by atoms with E-state index in [0.29, 0.717) is 13.0 Å². The molecule has 1 amide bonds. The number of carbonyl (C=O) groups is 2. The summed E-state index contributed by atoms with van der Waals surface area (Å²) in [5.74, 6) is -2.02. The highest BCUT2D eigenvalue weighted by atomic mass is 32.2. The van der Waals surface area contributed by atoms with Gasteiger partial charge in [0.1, 0.15) is 0 Å². The van der Waals surface area contributed by atoms with Crippen LogP contribution in [0.2, 0.25) is 0 Å². The van der Waals surface area contributed by atoms with Crippen LogP contribution < -0.4 is 0 Å². The molecule has 6 nitrogen and oxygen atoms in total. The van der Waals surface area contributed by atoms with Gasteiger partial charge >= 0.3 is 5.97 Å². The van der Waals surface area contributed by atoms with Gasteiger partial charge in [-0.15, -0.1) is 0 Å². The van der Waals surface area contributed by atoms with Crippen molar-refractivity contribution in [1.29, 1.82) is 0 Å². The van der Waals surface area contributed by atoms with E-state index < -0.39 is 21.7 Å². The fourth-order valence-electron chi connectivity index (χ4n) is 2.43. The minimum Gasteiger partial charge on any atom is -0.481 e. The minimum absolute atomic E-state index is 0.122. The van der Waals surface area contributed by atoms with Crippen LogP contribution in [0.15, 0.2) is 29.2 Å². The molecule has 0 saturated carbocycles. The Morgan fingerprint density at radius 2 is 1.91 bits per heavy atom. The van der Waals surface area contributed by atoms with Crippen molar-refractivity contribution in [2.24, 2.45) is 5.92 Å². The number of aryl methyl sites for hydroxylation is 1. The largest absolute Gasteiger partial charge is 0.481 e. The van der Waals surface area contributed by atoms with E-state index >= 15 is 0 Å². The Balaban J connectivity index is 1.93. The predicted molar refractivity (Wildman–Crippen MR) is 80.2 cm³/mol. The number of carboxylic acids is 1. The topological polar surface area (TPSA) is 91.8 Å². The summed E-state index contributed by atoms with van der Waals surface area (Å²) in [5, 5.41) is 8.91. The first kappa shape index (κ1) is 16.5. The van der Waals surface area contributed by atoms with E-state index in [2.05, 4.69) is 0 Å². The van der Waals surface area contributed by atoms with Gasteiger partial charge in [-0.2, -0.15) is 0 Å². The van der Waals surface area contributed by atoms with Gasteiger partial charge in [-0.1, -0.05) is 17.7 Å². The lowest BCUT2D eigenvalue weighted by Crippen LogP contribution is -2.31. The van der Waals surface area contributed by atoms with Crippen LogP contribution in [0.3, 0.4) is 0 Å². The minimum atomic E-state index is -3.50. The van der Waals surface area contributed by atoms with Gasteiger partial charge in [-0.25, -0.2) is 8.42 Å². The standard InChI is InChI=1S/C15H19NO5S/c1-11-2-4-13(5-3-11)22(20,21)9-7-14(17)16-8-6-12(10-16)15(18)19/h2-5,12H,6-10H2,1H3,(H,18,19)/t12-/m1/s1. The van der Waals surface area contributed by atoms with Crippen molar-refractivity contribution in [2.75, 3.05) is 18.8 Å². The molecule has 7 heteroatoms. The molecule has 22 heavy (non-hydrogen) atoms. The first-order valence-electron chi connectivity index (χ1n) is 7.09. The van der Waals surface area contributed by atoms with Gasteiger partial charge in [0.15, 0.2) is 9.84 Å². The highest BCUT2D eigenvalue weighted by Crippen LogP contribution is 2.18. The average Bonchev–Trinajstić information content (AvgIpc) is 2.95. The van der Waals surface area contributed by atoms with E-state index in [-0.39, 0.29) is 29.5 Å². The van der Waals surface area contributed by atoms with Crippen molar-refractivity contribution >= 4 is 21.7 Å². The molecule has 0 bridgehead atoms. The van der Waals surface area contributed by atoms with Crippen LogP contribution in [0.4, 0.5) is 0 Å². The van der Waals surface area contributed by atoms with Gasteiger partial charge in [-0.05, 0) is 25.5 Å². The lowest BCUT2D eigenvalue weighted by atomic mass is 10.1. The molecule has 0 spiro atoms. The van der Waals surface area contributed by atoms with Crippen LogP contribution in [0.25, 0.3) is 0 Å². The van der Waals surface area contributed by atoms with Gasteiger partial charge in [-0.3, -0.25) is 9.59 Å². The summed E-state index contributed by atoms with van der Waals surface area (Å²) in [5.41, 5.74) is 0.965. The fourth-order valence-corrected chi connectivity index (χ4v) is 3.66. The van der Waals surface area contributed by atoms with Crippen LogP contribution in [0, 0.1) is 12.8 Å². The number of amides is 1. The maximum atomic E-state index is 12.2. The second-order valence-corrected chi connectivity index (χ2v) is 7.65. The number of hydrogen-bond donors (Lipinski definition) is 1. The van der Waals surface area contributed by atoms with Crippen molar-refractivity contribution in [1.82, 2.24) is 4.90 Å². The fraction of sp³-hybridized carbons (Fsp3) is 0.467. The lowest BCUT2D eigenvalue weighted by molar-refractivity contribution is -0.141. The first-order chi connectivity index (χ1) is 10.3. The lowest BCUT2D eigenvalue weighted by Gasteiger charge is -2.15. The van der Waals surface area contributed by atoms with Crippen LogP contribution in [-0.2, 0) is 19.4 Å². The van der Waals surface area contributed by atoms with E-state index in [0.717, 1.165) is 5.56 Å². The zero-order valence-electron chi connectivity index (χ0n) is 12.4. The van der Waals surface area contributed by atoms with E-state index in [1.807, 2.05) is 6.92 Å². The molecule has 0 aliphatic carbocycles. The van der Waals surface area contributed by atoms with Crippen LogP contribution in [0.5, 0.6) is 0 Å². The maximum absolute atomic E-state index is 12.2. The molecule has 1 aliphatic rings. The summed E-state index contributed by atoms with van der Waals surface area (Å²) in [4.78, 5) is 24.5. The Kier molecular flexibility index (Phi) is 4.85. The number of sulfone groups is 1. The molecule has 0 unspecified atom stereocenters. The third kappa shape index (κ3) is 3.85. The van der Waals surface area contributed by atoms with Gasteiger partial charge < -0.3 is 10.0 Å². The SMILES string of the molecule is Cc1ccc(S(=O)(=O)CCC(=O)N2CC[C@@H](C(=O)O)C2)cc1. The van der Waals surface area contributed by atoms with Crippen molar-refractivity contribution in [2.45, 2.75) is 24.7 Å². The predicted octanol–water partition coefficient (Wildman–Crippen LogP) is 1.09. The quantitative estimate of drug-likeness (QED) is 0.875. The van der Waals surface area contributed by atoms with Crippen LogP contribution >= 0.6 is 0 Å². The number of nitrogens with zero attached hydrogens (tertiary/aromatic N) is 1. The smallest absolute Gasteiger partial charge is 0.308 e. The number of aliphatic carboxylic acids is 1. The van der Waals surface area contributed by atoms with Crippen molar-refractivity contribution < 1.29 is 23.1 Å². The Hall–Kier alpha value is -1.89. The molecule has 1 aromatic rings. The number of carbonyl (C=O) groups excluding carboxylic acids is 1. The Bertz CT molecular complexity index is 666. The molecule has 1 aliphatic heterocycles.